The van der Waals surface area contributed by atoms with E-state index in [0.717, 1.165) is 37.7 Å². The van der Waals surface area contributed by atoms with Gasteiger partial charge < -0.3 is 15.2 Å². The molecule has 1 aromatic heterocycles. The molecule has 38 heavy (non-hydrogen) atoms. The van der Waals surface area contributed by atoms with Crippen molar-refractivity contribution in [2.75, 3.05) is 5.32 Å². The molecule has 2 heterocycles. The van der Waals surface area contributed by atoms with E-state index in [1.807, 2.05) is 24.3 Å². The van der Waals surface area contributed by atoms with Crippen molar-refractivity contribution in [1.82, 2.24) is 14.8 Å². The number of fused-ring (bicyclic) bond motifs is 1. The highest BCUT2D eigenvalue weighted by Gasteiger charge is 2.37. The summed E-state index contributed by atoms with van der Waals surface area (Å²) in [5.74, 6) is -0.0516. The molecular weight excluding hydrogens is 530 g/mol. The first-order chi connectivity index (χ1) is 18.3. The number of nitrogens with one attached hydrogen (secondary N) is 1. The molecule has 0 amide bonds. The lowest BCUT2D eigenvalue weighted by atomic mass is 9.94. The number of carbonyl (C=O) groups is 1. The van der Waals surface area contributed by atoms with Gasteiger partial charge in [0.2, 0.25) is 11.1 Å². The van der Waals surface area contributed by atoms with Crippen LogP contribution in [0.2, 0.25) is 5.02 Å². The quantitative estimate of drug-likeness (QED) is 0.156. The first-order valence-corrected chi connectivity index (χ1v) is 13.7. The largest absolute Gasteiger partial charge is 0.502 e. The summed E-state index contributed by atoms with van der Waals surface area (Å²) in [5, 5.41) is 30.5. The van der Waals surface area contributed by atoms with Crippen LogP contribution in [0.4, 0.5) is 11.6 Å². The second-order valence-electron chi connectivity index (χ2n) is 9.28. The minimum absolute atomic E-state index is 0.176. The molecule has 0 radical (unpaired) electrons. The number of esters is 1. The molecule has 0 spiro atoms. The summed E-state index contributed by atoms with van der Waals surface area (Å²) in [4.78, 5) is 29.0. The SMILES string of the molecule is CC1=C(C(=O)OC2CCCCC2)C(c2ccc(O)c([N+](=O)[O-])c2)n2nc(SCc3ccccc3Cl)nc2N1. The number of hydrogen-bond donors (Lipinski definition) is 2. The van der Waals surface area contributed by atoms with Crippen molar-refractivity contribution >= 4 is 41.0 Å². The second kappa shape index (κ2) is 11.0. The van der Waals surface area contributed by atoms with Crippen molar-refractivity contribution in [2.24, 2.45) is 0 Å². The average molecular weight is 556 g/mol. The Balaban J connectivity index is 1.51. The van der Waals surface area contributed by atoms with E-state index < -0.39 is 28.4 Å². The Hall–Kier alpha value is -3.57. The summed E-state index contributed by atoms with van der Waals surface area (Å²) in [6, 6.07) is 10.7. The van der Waals surface area contributed by atoms with E-state index in [1.165, 1.54) is 28.6 Å². The fraction of sp³-hybridized carbons (Fsp3) is 0.346. The van der Waals surface area contributed by atoms with Gasteiger partial charge in [0.1, 0.15) is 12.1 Å². The second-order valence-corrected chi connectivity index (χ2v) is 10.6. The average Bonchev–Trinajstić information content (AvgIpc) is 3.30. The molecule has 5 rings (SSSR count). The molecule has 1 unspecified atom stereocenters. The van der Waals surface area contributed by atoms with E-state index in [9.17, 15) is 20.0 Å². The molecule has 1 atom stereocenters. The third kappa shape index (κ3) is 5.34. The zero-order chi connectivity index (χ0) is 26.8. The molecule has 3 aromatic rings. The first-order valence-electron chi connectivity index (χ1n) is 12.3. The van der Waals surface area contributed by atoms with Gasteiger partial charge in [-0.05, 0) is 55.9 Å². The lowest BCUT2D eigenvalue weighted by molar-refractivity contribution is -0.385. The Labute approximate surface area is 228 Å². The number of rotatable bonds is 7. The van der Waals surface area contributed by atoms with Crippen LogP contribution in [0.3, 0.4) is 0 Å². The van der Waals surface area contributed by atoms with Crippen molar-refractivity contribution in [3.8, 4) is 5.75 Å². The predicted octanol–water partition coefficient (Wildman–Crippen LogP) is 6.00. The van der Waals surface area contributed by atoms with Gasteiger partial charge in [0, 0.05) is 22.5 Å². The van der Waals surface area contributed by atoms with Gasteiger partial charge in [-0.1, -0.05) is 54.0 Å². The van der Waals surface area contributed by atoms with Gasteiger partial charge in [-0.15, -0.1) is 5.10 Å². The van der Waals surface area contributed by atoms with Crippen molar-refractivity contribution in [3.05, 3.63) is 80.0 Å². The summed E-state index contributed by atoms with van der Waals surface area (Å²) in [5.41, 5.74) is 1.68. The van der Waals surface area contributed by atoms with E-state index >= 15 is 0 Å². The number of nitro groups is 1. The number of allylic oxidation sites excluding steroid dienone is 1. The Bertz CT molecular complexity index is 1420. The Kier molecular flexibility index (Phi) is 7.57. The zero-order valence-corrected chi connectivity index (χ0v) is 22.2. The molecule has 2 aromatic carbocycles. The number of hydrogen-bond acceptors (Lipinski definition) is 9. The highest BCUT2D eigenvalue weighted by atomic mass is 35.5. The van der Waals surface area contributed by atoms with Crippen molar-refractivity contribution in [1.29, 1.82) is 0 Å². The van der Waals surface area contributed by atoms with Crippen LogP contribution < -0.4 is 5.32 Å². The number of anilines is 1. The lowest BCUT2D eigenvalue weighted by Gasteiger charge is -2.30. The fourth-order valence-corrected chi connectivity index (χ4v) is 5.89. The molecule has 0 saturated heterocycles. The first kappa shape index (κ1) is 26.1. The van der Waals surface area contributed by atoms with Gasteiger partial charge in [-0.25, -0.2) is 9.48 Å². The van der Waals surface area contributed by atoms with Crippen LogP contribution in [0.1, 0.15) is 56.2 Å². The zero-order valence-electron chi connectivity index (χ0n) is 20.6. The molecule has 2 aliphatic rings. The number of ether oxygens (including phenoxy) is 1. The fourth-order valence-electron chi connectivity index (χ4n) is 4.78. The summed E-state index contributed by atoms with van der Waals surface area (Å²) in [6.45, 7) is 1.74. The minimum Gasteiger partial charge on any atom is -0.502 e. The van der Waals surface area contributed by atoms with Gasteiger partial charge in [0.25, 0.3) is 0 Å². The Morgan fingerprint density at radius 3 is 2.76 bits per heavy atom. The van der Waals surface area contributed by atoms with E-state index in [2.05, 4.69) is 15.4 Å². The molecule has 1 aliphatic carbocycles. The number of nitro benzene ring substituents is 1. The number of phenolic OH excluding ortho intramolecular Hbond substituents is 1. The summed E-state index contributed by atoms with van der Waals surface area (Å²) < 4.78 is 7.43. The van der Waals surface area contributed by atoms with Crippen LogP contribution in [0.5, 0.6) is 5.75 Å². The minimum atomic E-state index is -0.844. The number of benzene rings is 2. The summed E-state index contributed by atoms with van der Waals surface area (Å²) >= 11 is 7.67. The van der Waals surface area contributed by atoms with Gasteiger partial charge in [0.05, 0.1) is 10.5 Å². The maximum atomic E-state index is 13.5. The van der Waals surface area contributed by atoms with E-state index in [4.69, 9.17) is 16.3 Å². The lowest BCUT2D eigenvalue weighted by Crippen LogP contribution is -2.32. The maximum Gasteiger partial charge on any atom is 0.338 e. The van der Waals surface area contributed by atoms with Gasteiger partial charge in [-0.3, -0.25) is 10.1 Å². The van der Waals surface area contributed by atoms with Crippen molar-refractivity contribution in [2.45, 2.75) is 62.1 Å². The number of phenols is 1. The normalized spacial score (nSPS) is 17.6. The Morgan fingerprint density at radius 2 is 2.03 bits per heavy atom. The number of nitrogens with zero attached hydrogens (tertiary/aromatic N) is 4. The monoisotopic (exact) mass is 555 g/mol. The maximum absolute atomic E-state index is 13.5. The van der Waals surface area contributed by atoms with Crippen LogP contribution in [0.15, 0.2) is 58.9 Å². The molecule has 10 nitrogen and oxygen atoms in total. The topological polar surface area (TPSA) is 132 Å². The van der Waals surface area contributed by atoms with Crippen LogP contribution in [-0.4, -0.2) is 36.9 Å². The van der Waals surface area contributed by atoms with Crippen molar-refractivity contribution in [3.63, 3.8) is 0 Å². The Morgan fingerprint density at radius 1 is 1.26 bits per heavy atom. The van der Waals surface area contributed by atoms with Gasteiger partial charge in [0.15, 0.2) is 5.75 Å². The molecule has 1 fully saturated rings. The summed E-state index contributed by atoms with van der Waals surface area (Å²) in [7, 11) is 0. The van der Waals surface area contributed by atoms with Gasteiger partial charge >= 0.3 is 11.7 Å². The van der Waals surface area contributed by atoms with Crippen LogP contribution in [0, 0.1) is 10.1 Å². The smallest absolute Gasteiger partial charge is 0.338 e. The van der Waals surface area contributed by atoms with Crippen LogP contribution in [0.25, 0.3) is 0 Å². The van der Waals surface area contributed by atoms with E-state index in [1.54, 1.807) is 13.0 Å². The molecule has 12 heteroatoms. The van der Waals surface area contributed by atoms with Crippen LogP contribution in [-0.2, 0) is 15.3 Å². The molecule has 0 bridgehead atoms. The van der Waals surface area contributed by atoms with Gasteiger partial charge in [-0.2, -0.15) is 4.98 Å². The molecule has 1 aliphatic heterocycles. The summed E-state index contributed by atoms with van der Waals surface area (Å²) in [6.07, 6.45) is 4.55. The molecule has 1 saturated carbocycles. The highest BCUT2D eigenvalue weighted by molar-refractivity contribution is 7.98. The number of halogens is 1. The standard InChI is InChI=1S/C26H26ClN5O5S/c1-15-22(24(34)37-18-8-3-2-4-9-18)23(16-11-12-21(33)20(13-16)32(35)36)31-25(28-15)29-26(30-31)38-14-17-7-5-6-10-19(17)27/h5-7,10-13,18,23,33H,2-4,8-9,14H2,1H3,(H,28,29,30). The third-order valence-corrected chi connectivity index (χ3v) is 7.96. The molecular formula is C26H26ClN5O5S. The third-order valence-electron chi connectivity index (χ3n) is 6.71. The number of carbonyl (C=O) groups excluding carboxylic acids is 1. The van der Waals surface area contributed by atoms with E-state index in [0.29, 0.717) is 33.1 Å². The van der Waals surface area contributed by atoms with Crippen LogP contribution >= 0.6 is 23.4 Å². The van der Waals surface area contributed by atoms with E-state index in [-0.39, 0.29) is 11.7 Å². The van der Waals surface area contributed by atoms with Crippen molar-refractivity contribution < 1.29 is 19.6 Å². The number of aromatic hydroxyl groups is 1. The number of thioether (sulfide) groups is 1. The number of aromatic nitrogens is 3. The highest BCUT2D eigenvalue weighted by Crippen LogP contribution is 2.40. The molecule has 2 N–H and O–H groups in total. The predicted molar refractivity (Wildman–Crippen MR) is 143 cm³/mol. The molecule has 198 valence electrons.